The second-order valence-electron chi connectivity index (χ2n) is 8.51. The van der Waals surface area contributed by atoms with Crippen molar-refractivity contribution in [3.63, 3.8) is 0 Å². The lowest BCUT2D eigenvalue weighted by Crippen LogP contribution is -2.44. The van der Waals surface area contributed by atoms with Gasteiger partial charge in [0.25, 0.3) is 0 Å². The molecular weight excluding hydrogens is 492 g/mol. The van der Waals surface area contributed by atoms with Crippen LogP contribution in [0.2, 0.25) is 0 Å². The summed E-state index contributed by atoms with van der Waals surface area (Å²) >= 11 is 0. The van der Waals surface area contributed by atoms with Crippen LogP contribution in [0.25, 0.3) is 6.08 Å². The van der Waals surface area contributed by atoms with Crippen LogP contribution in [0.5, 0.6) is 23.0 Å². The van der Waals surface area contributed by atoms with Gasteiger partial charge in [0.1, 0.15) is 30.3 Å². The van der Waals surface area contributed by atoms with Crippen LogP contribution in [0.15, 0.2) is 48.1 Å². The van der Waals surface area contributed by atoms with Crippen molar-refractivity contribution in [3.8, 4) is 23.0 Å². The number of aromatic hydroxyl groups is 3. The van der Waals surface area contributed by atoms with Gasteiger partial charge in [0, 0.05) is 23.6 Å². The molecular formula is C25H22O12. The van der Waals surface area contributed by atoms with E-state index in [0.717, 1.165) is 24.3 Å². The van der Waals surface area contributed by atoms with Gasteiger partial charge in [-0.1, -0.05) is 12.1 Å². The van der Waals surface area contributed by atoms with Crippen LogP contribution in [0, 0.1) is 0 Å². The van der Waals surface area contributed by atoms with Gasteiger partial charge >= 0.3 is 17.9 Å². The Bertz CT molecular complexity index is 1330. The Hall–Kier alpha value is -4.55. The lowest BCUT2D eigenvalue weighted by molar-refractivity contribution is -0.163. The molecule has 12 heteroatoms. The van der Waals surface area contributed by atoms with Crippen molar-refractivity contribution in [2.75, 3.05) is 0 Å². The number of carbonyl (C=O) groups is 3. The minimum atomic E-state index is -1.64. The van der Waals surface area contributed by atoms with Gasteiger partial charge in [-0.15, -0.1) is 0 Å². The number of benzene rings is 2. The zero-order valence-electron chi connectivity index (χ0n) is 18.9. The van der Waals surface area contributed by atoms with E-state index in [-0.39, 0.29) is 33.8 Å². The fraction of sp³-hybridized carbons (Fsp3) is 0.240. The molecule has 2 aromatic rings. The first-order valence-corrected chi connectivity index (χ1v) is 10.9. The van der Waals surface area contributed by atoms with Crippen LogP contribution < -0.4 is 4.74 Å². The number of esters is 1. The van der Waals surface area contributed by atoms with Crippen LogP contribution in [0.3, 0.4) is 0 Å². The molecule has 0 saturated heterocycles. The predicted molar refractivity (Wildman–Crippen MR) is 123 cm³/mol. The van der Waals surface area contributed by atoms with Gasteiger partial charge in [-0.25, -0.2) is 9.59 Å². The summed E-state index contributed by atoms with van der Waals surface area (Å²) in [4.78, 5) is 36.1. The number of hydrogen-bond donors (Lipinski definition) is 7. The Morgan fingerprint density at radius 2 is 1.68 bits per heavy atom. The minimum absolute atomic E-state index is 0.0416. The highest BCUT2D eigenvalue weighted by atomic mass is 16.6. The summed E-state index contributed by atoms with van der Waals surface area (Å²) in [6.07, 6.45) is -3.44. The molecule has 37 heavy (non-hydrogen) atoms. The molecule has 0 saturated carbocycles. The molecule has 2 aromatic carbocycles. The third kappa shape index (κ3) is 4.92. The number of carbonyl (C=O) groups excluding carboxylic acids is 1. The molecule has 0 bridgehead atoms. The summed E-state index contributed by atoms with van der Waals surface area (Å²) in [6.45, 7) is 0. The second-order valence-corrected chi connectivity index (χ2v) is 8.51. The van der Waals surface area contributed by atoms with E-state index in [2.05, 4.69) is 0 Å². The first kappa shape index (κ1) is 25.5. The largest absolute Gasteiger partial charge is 0.504 e. The number of phenolic OH excluding ortho intramolecular Hbond substituents is 3. The third-order valence-electron chi connectivity index (χ3n) is 6.12. The molecule has 0 radical (unpaired) electrons. The maximum atomic E-state index is 13.5. The summed E-state index contributed by atoms with van der Waals surface area (Å²) in [7, 11) is 0. The number of aliphatic hydroxyl groups excluding tert-OH is 2. The molecule has 1 aliphatic carbocycles. The molecule has 5 atom stereocenters. The van der Waals surface area contributed by atoms with E-state index in [4.69, 9.17) is 14.6 Å². The normalized spacial score (nSPS) is 24.7. The van der Waals surface area contributed by atoms with Crippen LogP contribution in [0.4, 0.5) is 0 Å². The fourth-order valence-electron chi connectivity index (χ4n) is 4.34. The first-order valence-electron chi connectivity index (χ1n) is 10.9. The molecule has 2 aliphatic rings. The highest BCUT2D eigenvalue weighted by Gasteiger charge is 2.46. The van der Waals surface area contributed by atoms with Gasteiger partial charge < -0.3 is 45.2 Å². The SMILES string of the molecule is O=C(O)C=Cc1ccc(O)c2c1[C@@H](C(=O)O[C@@H]1CC(C(=O)O)=C[C@@H](O)[C@H]1O)[C@@H](c1ccc(O)c(O)c1)O2. The maximum absolute atomic E-state index is 13.5. The molecule has 7 N–H and O–H groups in total. The number of hydrogen-bond acceptors (Lipinski definition) is 10. The number of carboxylic acid groups (broad SMARTS) is 2. The predicted octanol–water partition coefficient (Wildman–Crippen LogP) is 1.17. The van der Waals surface area contributed by atoms with E-state index in [1.165, 1.54) is 24.3 Å². The average Bonchev–Trinajstić information content (AvgIpc) is 3.25. The van der Waals surface area contributed by atoms with Gasteiger partial charge in [0.2, 0.25) is 0 Å². The summed E-state index contributed by atoms with van der Waals surface area (Å²) in [6, 6.07) is 6.19. The fourth-order valence-corrected chi connectivity index (χ4v) is 4.34. The number of ether oxygens (including phenoxy) is 2. The zero-order valence-corrected chi connectivity index (χ0v) is 18.9. The number of fused-ring (bicyclic) bond motifs is 1. The highest BCUT2D eigenvalue weighted by Crippen LogP contribution is 2.53. The summed E-state index contributed by atoms with van der Waals surface area (Å²) in [5.41, 5.74) is 0.121. The van der Waals surface area contributed by atoms with Crippen LogP contribution in [-0.2, 0) is 19.1 Å². The Morgan fingerprint density at radius 1 is 0.973 bits per heavy atom. The van der Waals surface area contributed by atoms with Crippen molar-refractivity contribution >= 4 is 24.0 Å². The highest BCUT2D eigenvalue weighted by molar-refractivity contribution is 5.89. The molecule has 0 unspecified atom stereocenters. The standard InChI is InChI=1S/C25H22O12/c26-13-4-2-11(7-15(13)28)22-20(19-10(3-6-18(30)31)1-5-14(27)23(19)37-22)25(35)36-17-9-12(24(33)34)8-16(29)21(17)32/h1-8,16-17,20-22,26-29,32H,9H2,(H,30,31)(H,33,34)/t16-,17-,20-,21-,22-/m1/s1. The molecule has 1 aliphatic heterocycles. The number of carboxylic acids is 2. The van der Waals surface area contributed by atoms with Crippen molar-refractivity contribution < 1.29 is 59.6 Å². The van der Waals surface area contributed by atoms with Gasteiger partial charge in [-0.3, -0.25) is 4.79 Å². The Kier molecular flexibility index (Phi) is 6.79. The van der Waals surface area contributed by atoms with Gasteiger partial charge in [0.15, 0.2) is 23.0 Å². The average molecular weight is 514 g/mol. The van der Waals surface area contributed by atoms with Crippen molar-refractivity contribution in [3.05, 3.63) is 64.7 Å². The number of aliphatic carboxylic acids is 2. The van der Waals surface area contributed by atoms with E-state index in [1.54, 1.807) is 0 Å². The first-order chi connectivity index (χ1) is 17.5. The molecule has 4 rings (SSSR count). The van der Waals surface area contributed by atoms with Crippen molar-refractivity contribution in [1.29, 1.82) is 0 Å². The zero-order chi connectivity index (χ0) is 27.0. The number of phenols is 3. The Morgan fingerprint density at radius 3 is 2.32 bits per heavy atom. The molecule has 0 fully saturated rings. The monoisotopic (exact) mass is 514 g/mol. The summed E-state index contributed by atoms with van der Waals surface area (Å²) in [5.74, 6) is -6.62. The number of rotatable bonds is 6. The Labute approximate surface area is 208 Å². The lowest BCUT2D eigenvalue weighted by Gasteiger charge is -2.31. The van der Waals surface area contributed by atoms with Crippen LogP contribution in [-0.4, -0.2) is 72.0 Å². The smallest absolute Gasteiger partial charge is 0.331 e. The number of aliphatic hydroxyl groups is 2. The van der Waals surface area contributed by atoms with E-state index >= 15 is 0 Å². The molecule has 12 nitrogen and oxygen atoms in total. The van der Waals surface area contributed by atoms with Crippen molar-refractivity contribution in [2.24, 2.45) is 0 Å². The van der Waals surface area contributed by atoms with Gasteiger partial charge in [-0.2, -0.15) is 0 Å². The van der Waals surface area contributed by atoms with Crippen molar-refractivity contribution in [2.45, 2.75) is 36.8 Å². The van der Waals surface area contributed by atoms with Gasteiger partial charge in [0.05, 0.1) is 0 Å². The third-order valence-corrected chi connectivity index (χ3v) is 6.12. The maximum Gasteiger partial charge on any atom is 0.331 e. The van der Waals surface area contributed by atoms with Gasteiger partial charge in [-0.05, 0) is 41.5 Å². The second kappa shape index (κ2) is 9.84. The minimum Gasteiger partial charge on any atom is -0.504 e. The summed E-state index contributed by atoms with van der Waals surface area (Å²) < 4.78 is 11.3. The van der Waals surface area contributed by atoms with Crippen LogP contribution in [0.1, 0.15) is 35.1 Å². The van der Waals surface area contributed by atoms with E-state index < -0.39 is 66.2 Å². The molecule has 0 aromatic heterocycles. The van der Waals surface area contributed by atoms with Crippen molar-refractivity contribution in [1.82, 2.24) is 0 Å². The molecule has 0 amide bonds. The lowest BCUT2D eigenvalue weighted by atomic mass is 9.87. The quantitative estimate of drug-likeness (QED) is 0.164. The Balaban J connectivity index is 1.78. The molecule has 0 spiro atoms. The van der Waals surface area contributed by atoms with Crippen LogP contribution >= 0.6 is 0 Å². The van der Waals surface area contributed by atoms with E-state index in [9.17, 15) is 45.0 Å². The van der Waals surface area contributed by atoms with E-state index in [1.807, 2.05) is 0 Å². The molecule has 194 valence electrons. The topological polar surface area (TPSA) is 211 Å². The summed E-state index contributed by atoms with van der Waals surface area (Å²) in [5, 5.41) is 68.9. The van der Waals surface area contributed by atoms with E-state index in [0.29, 0.717) is 0 Å². The molecule has 1 heterocycles.